The third-order valence-electron chi connectivity index (χ3n) is 5.44. The highest BCUT2D eigenvalue weighted by Crippen LogP contribution is 2.30. The van der Waals surface area contributed by atoms with Gasteiger partial charge in [-0.3, -0.25) is 9.69 Å². The van der Waals surface area contributed by atoms with Crippen LogP contribution in [0.5, 0.6) is 11.5 Å². The number of carbonyl (C=O) groups is 1. The molecule has 1 atom stereocenters. The fourth-order valence-electron chi connectivity index (χ4n) is 3.58. The van der Waals surface area contributed by atoms with Crippen molar-refractivity contribution in [2.24, 2.45) is 0 Å². The molecule has 1 unspecified atom stereocenters. The fourth-order valence-corrected chi connectivity index (χ4v) is 5.14. The molecule has 0 aromatic heterocycles. The summed E-state index contributed by atoms with van der Waals surface area (Å²) in [5, 5.41) is 3.62. The molecule has 32 heavy (non-hydrogen) atoms. The van der Waals surface area contributed by atoms with Crippen LogP contribution in [0.4, 0.5) is 0 Å². The number of benzene rings is 2. The van der Waals surface area contributed by atoms with Crippen molar-refractivity contribution in [1.29, 1.82) is 0 Å². The smallest absolute Gasteiger partial charge is 0.243 e. The highest BCUT2D eigenvalue weighted by molar-refractivity contribution is 7.89. The van der Waals surface area contributed by atoms with Crippen LogP contribution in [0, 0.1) is 0 Å². The van der Waals surface area contributed by atoms with Crippen molar-refractivity contribution < 1.29 is 22.7 Å². The van der Waals surface area contributed by atoms with E-state index in [0.717, 1.165) is 5.56 Å². The van der Waals surface area contributed by atoms with Crippen LogP contribution in [-0.4, -0.2) is 70.5 Å². The Hall–Kier alpha value is -2.33. The van der Waals surface area contributed by atoms with Gasteiger partial charge in [-0.25, -0.2) is 8.42 Å². The highest BCUT2D eigenvalue weighted by atomic mass is 35.5. The maximum atomic E-state index is 13.0. The molecule has 0 saturated carbocycles. The minimum atomic E-state index is -3.67. The Morgan fingerprint density at radius 3 is 2.25 bits per heavy atom. The van der Waals surface area contributed by atoms with Crippen LogP contribution in [0.2, 0.25) is 5.02 Å². The van der Waals surface area contributed by atoms with E-state index < -0.39 is 10.0 Å². The first kappa shape index (κ1) is 24.3. The van der Waals surface area contributed by atoms with Gasteiger partial charge < -0.3 is 14.8 Å². The molecule has 1 saturated heterocycles. The maximum absolute atomic E-state index is 13.0. The first-order valence-corrected chi connectivity index (χ1v) is 12.1. The second-order valence-corrected chi connectivity index (χ2v) is 9.91. The second kappa shape index (κ2) is 10.5. The van der Waals surface area contributed by atoms with Crippen molar-refractivity contribution in [2.45, 2.75) is 17.9 Å². The topological polar surface area (TPSA) is 88.2 Å². The number of hydrogen-bond donors (Lipinski definition) is 1. The Labute approximate surface area is 194 Å². The average Bonchev–Trinajstić information content (AvgIpc) is 2.79. The maximum Gasteiger partial charge on any atom is 0.243 e. The predicted molar refractivity (Wildman–Crippen MR) is 123 cm³/mol. The monoisotopic (exact) mass is 481 g/mol. The first-order chi connectivity index (χ1) is 15.2. The van der Waals surface area contributed by atoms with Crippen LogP contribution in [0.1, 0.15) is 18.5 Å². The van der Waals surface area contributed by atoms with Crippen LogP contribution >= 0.6 is 11.6 Å². The molecule has 1 aliphatic rings. The normalized spacial score (nSPS) is 16.4. The SMILES string of the molecule is COc1ccc(S(=O)(=O)N2CCN(CC(=O)NC(C)c3ccc(Cl)cc3)CC2)cc1OC. The molecule has 1 heterocycles. The van der Waals surface area contributed by atoms with Gasteiger partial charge in [-0.2, -0.15) is 4.31 Å². The van der Waals surface area contributed by atoms with Crippen molar-refractivity contribution in [1.82, 2.24) is 14.5 Å². The molecule has 1 fully saturated rings. The third-order valence-corrected chi connectivity index (χ3v) is 7.59. The van der Waals surface area contributed by atoms with E-state index in [1.165, 1.54) is 30.7 Å². The highest BCUT2D eigenvalue weighted by Gasteiger charge is 2.30. The molecule has 2 aromatic carbocycles. The summed E-state index contributed by atoms with van der Waals surface area (Å²) in [7, 11) is -0.709. The number of nitrogens with one attached hydrogen (secondary N) is 1. The summed E-state index contributed by atoms with van der Waals surface area (Å²) in [6.07, 6.45) is 0. The van der Waals surface area contributed by atoms with Crippen molar-refractivity contribution in [3.05, 3.63) is 53.1 Å². The van der Waals surface area contributed by atoms with E-state index in [-0.39, 0.29) is 23.4 Å². The number of hydrogen-bond acceptors (Lipinski definition) is 6. The molecule has 0 radical (unpaired) electrons. The molecule has 0 spiro atoms. The molecule has 1 N–H and O–H groups in total. The van der Waals surface area contributed by atoms with Crippen LogP contribution in [0.25, 0.3) is 0 Å². The second-order valence-electron chi connectivity index (χ2n) is 7.54. The van der Waals surface area contributed by atoms with Gasteiger partial charge in [-0.1, -0.05) is 23.7 Å². The van der Waals surface area contributed by atoms with Gasteiger partial charge in [0.05, 0.1) is 31.7 Å². The molecular formula is C22H28ClN3O5S. The number of sulfonamides is 1. The van der Waals surface area contributed by atoms with E-state index in [1.54, 1.807) is 18.2 Å². The lowest BCUT2D eigenvalue weighted by atomic mass is 10.1. The molecule has 1 amide bonds. The Morgan fingerprint density at radius 1 is 1.03 bits per heavy atom. The van der Waals surface area contributed by atoms with Crippen LogP contribution < -0.4 is 14.8 Å². The molecule has 8 nitrogen and oxygen atoms in total. The van der Waals surface area contributed by atoms with Crippen molar-refractivity contribution in [3.8, 4) is 11.5 Å². The van der Waals surface area contributed by atoms with Crippen LogP contribution in [0.15, 0.2) is 47.4 Å². The zero-order chi connectivity index (χ0) is 23.3. The lowest BCUT2D eigenvalue weighted by molar-refractivity contribution is -0.123. The number of halogens is 1. The van der Waals surface area contributed by atoms with E-state index in [4.69, 9.17) is 21.1 Å². The summed E-state index contributed by atoms with van der Waals surface area (Å²) in [6, 6.07) is 11.7. The van der Waals surface area contributed by atoms with Crippen molar-refractivity contribution in [3.63, 3.8) is 0 Å². The first-order valence-electron chi connectivity index (χ1n) is 10.2. The summed E-state index contributed by atoms with van der Waals surface area (Å²) >= 11 is 5.91. The lowest BCUT2D eigenvalue weighted by Crippen LogP contribution is -2.51. The molecule has 3 rings (SSSR count). The minimum absolute atomic E-state index is 0.108. The Bertz CT molecular complexity index is 1040. The summed E-state index contributed by atoms with van der Waals surface area (Å²) in [4.78, 5) is 14.6. The van der Waals surface area contributed by atoms with Gasteiger partial charge in [0.25, 0.3) is 0 Å². The molecule has 174 valence electrons. The predicted octanol–water partition coefficient (Wildman–Crippen LogP) is 2.54. The van der Waals surface area contributed by atoms with E-state index >= 15 is 0 Å². The molecule has 1 aliphatic heterocycles. The largest absolute Gasteiger partial charge is 0.493 e. The van der Waals surface area contributed by atoms with Gasteiger partial charge >= 0.3 is 0 Å². The molecular weight excluding hydrogens is 454 g/mol. The van der Waals surface area contributed by atoms with E-state index in [9.17, 15) is 13.2 Å². The third kappa shape index (κ3) is 5.72. The van der Waals surface area contributed by atoms with Gasteiger partial charge in [-0.15, -0.1) is 0 Å². The number of amides is 1. The Balaban J connectivity index is 1.55. The quantitative estimate of drug-likeness (QED) is 0.623. The molecule has 2 aromatic rings. The zero-order valence-corrected chi connectivity index (χ0v) is 19.9. The van der Waals surface area contributed by atoms with E-state index in [0.29, 0.717) is 42.7 Å². The van der Waals surface area contributed by atoms with E-state index in [2.05, 4.69) is 5.32 Å². The molecule has 0 bridgehead atoms. The number of carbonyl (C=O) groups excluding carboxylic acids is 1. The zero-order valence-electron chi connectivity index (χ0n) is 18.4. The van der Waals surface area contributed by atoms with Gasteiger partial charge in [0.2, 0.25) is 15.9 Å². The summed E-state index contributed by atoms with van der Waals surface area (Å²) < 4.78 is 37.9. The summed E-state index contributed by atoms with van der Waals surface area (Å²) in [6.45, 7) is 3.66. The lowest BCUT2D eigenvalue weighted by Gasteiger charge is -2.33. The Morgan fingerprint density at radius 2 is 1.66 bits per heavy atom. The van der Waals surface area contributed by atoms with Crippen molar-refractivity contribution >= 4 is 27.5 Å². The van der Waals surface area contributed by atoms with Gasteiger partial charge in [-0.05, 0) is 36.8 Å². The standard InChI is InChI=1S/C22H28ClN3O5S/c1-16(17-4-6-18(23)7-5-17)24-22(27)15-25-10-12-26(13-11-25)32(28,29)19-8-9-20(30-2)21(14-19)31-3/h4-9,14,16H,10-13,15H2,1-3H3,(H,24,27). The molecule has 0 aliphatic carbocycles. The number of piperazine rings is 1. The van der Waals surface area contributed by atoms with E-state index in [1.807, 2.05) is 24.0 Å². The van der Waals surface area contributed by atoms with Crippen molar-refractivity contribution in [2.75, 3.05) is 46.9 Å². The number of rotatable bonds is 8. The Kier molecular flexibility index (Phi) is 8.00. The van der Waals surface area contributed by atoms with Crippen LogP contribution in [0.3, 0.4) is 0 Å². The molecule has 10 heteroatoms. The number of ether oxygens (including phenoxy) is 2. The average molecular weight is 482 g/mol. The minimum Gasteiger partial charge on any atom is -0.493 e. The number of methoxy groups -OCH3 is 2. The number of nitrogens with zero attached hydrogens (tertiary/aromatic N) is 2. The summed E-state index contributed by atoms with van der Waals surface area (Å²) in [5.74, 6) is 0.720. The van der Waals surface area contributed by atoms with Crippen LogP contribution in [-0.2, 0) is 14.8 Å². The van der Waals surface area contributed by atoms with Gasteiger partial charge in [0.1, 0.15) is 0 Å². The fraction of sp³-hybridized carbons (Fsp3) is 0.409. The summed E-state index contributed by atoms with van der Waals surface area (Å²) in [5.41, 5.74) is 0.966. The van der Waals surface area contributed by atoms with Gasteiger partial charge in [0, 0.05) is 37.3 Å². The van der Waals surface area contributed by atoms with Gasteiger partial charge in [0.15, 0.2) is 11.5 Å².